The van der Waals surface area contributed by atoms with E-state index in [2.05, 4.69) is 17.6 Å². The molecule has 3 aromatic carbocycles. The lowest BCUT2D eigenvalue weighted by Crippen LogP contribution is -2.49. The van der Waals surface area contributed by atoms with Crippen LogP contribution in [0.1, 0.15) is 67.1 Å². The Labute approximate surface area is 299 Å². The third kappa shape index (κ3) is 10.5. The molecule has 3 N–H and O–H groups in total. The first-order valence-electron chi connectivity index (χ1n) is 17.3. The topological polar surface area (TPSA) is 139 Å². The average molecular weight is 697 g/mol. The molecule has 0 saturated heterocycles. The van der Waals surface area contributed by atoms with Gasteiger partial charge < -0.3 is 34.7 Å². The Hall–Kier alpha value is -5.58. The van der Waals surface area contributed by atoms with Gasteiger partial charge in [0, 0.05) is 30.1 Å². The number of carboxylic acid groups (broad SMARTS) is 1. The van der Waals surface area contributed by atoms with Crippen molar-refractivity contribution in [2.45, 2.75) is 65.0 Å². The number of carbonyl (C=O) groups excluding carboxylic acids is 3. The van der Waals surface area contributed by atoms with Gasteiger partial charge in [-0.05, 0) is 74.1 Å². The van der Waals surface area contributed by atoms with Crippen LogP contribution in [0.5, 0.6) is 11.5 Å². The number of aliphatic carboxylic acids is 1. The van der Waals surface area contributed by atoms with Crippen molar-refractivity contribution in [1.82, 2.24) is 15.2 Å². The predicted molar refractivity (Wildman–Crippen MR) is 199 cm³/mol. The van der Waals surface area contributed by atoms with Gasteiger partial charge in [0.1, 0.15) is 35.5 Å². The average Bonchev–Trinajstić information content (AvgIpc) is 3.49. The lowest BCUT2D eigenvalue weighted by molar-refractivity contribution is -0.137. The molecule has 0 fully saturated rings. The molecule has 11 heteroatoms. The monoisotopic (exact) mass is 696 g/mol. The van der Waals surface area contributed by atoms with Gasteiger partial charge in [0.25, 0.3) is 5.91 Å². The van der Waals surface area contributed by atoms with Crippen LogP contribution in [0.3, 0.4) is 0 Å². The number of carboxylic acids is 1. The smallest absolute Gasteiger partial charge is 0.323 e. The second kappa shape index (κ2) is 19.0. The highest BCUT2D eigenvalue weighted by Gasteiger charge is 2.32. The number of unbranched alkanes of at least 4 members (excludes halogenated alkanes) is 3. The molecule has 0 spiro atoms. The van der Waals surface area contributed by atoms with Crippen molar-refractivity contribution >= 4 is 46.4 Å². The number of benzene rings is 3. The third-order valence-electron chi connectivity index (χ3n) is 8.53. The lowest BCUT2D eigenvalue weighted by Gasteiger charge is -2.30. The van der Waals surface area contributed by atoms with Crippen LogP contribution in [0.4, 0.5) is 5.69 Å². The van der Waals surface area contributed by atoms with E-state index in [1.54, 1.807) is 29.2 Å². The standard InChI is InChI=1S/C40H48N4O7/c1-5-6-14-23-43(38-34(50-3)24-28(2)25-35(38)51-4)40(49)31(18-12-13-22-41-36(45)21-20-29-15-8-7-9-16-29)42-39(48)33-26-30-17-10-11-19-32(30)44(33)27-37(46)47/h7-11,15-17,19-21,24-26,31H,5-6,12-14,18,22-23,27H2,1-4H3,(H,41,45)(H,42,48)(H,46,47)/b21-20+/t31-/m1/s1. The molecular weight excluding hydrogens is 648 g/mol. The van der Waals surface area contributed by atoms with Gasteiger partial charge in [-0.1, -0.05) is 68.3 Å². The highest BCUT2D eigenvalue weighted by Crippen LogP contribution is 2.40. The number of nitrogens with zero attached hydrogens (tertiary/aromatic N) is 2. The number of hydrogen-bond donors (Lipinski definition) is 3. The van der Waals surface area contributed by atoms with Crippen LogP contribution in [-0.2, 0) is 20.9 Å². The van der Waals surface area contributed by atoms with Crippen LogP contribution in [0, 0.1) is 6.92 Å². The molecule has 1 atom stereocenters. The van der Waals surface area contributed by atoms with Crippen molar-refractivity contribution in [2.75, 3.05) is 32.2 Å². The second-order valence-corrected chi connectivity index (χ2v) is 12.3. The van der Waals surface area contributed by atoms with Crippen LogP contribution in [0.25, 0.3) is 17.0 Å². The van der Waals surface area contributed by atoms with Gasteiger partial charge in [-0.3, -0.25) is 19.2 Å². The highest BCUT2D eigenvalue weighted by atomic mass is 16.5. The quantitative estimate of drug-likeness (QED) is 0.0765. The molecule has 4 rings (SSSR count). The molecule has 11 nitrogen and oxygen atoms in total. The summed E-state index contributed by atoms with van der Waals surface area (Å²) >= 11 is 0. The molecule has 0 saturated carbocycles. The van der Waals surface area contributed by atoms with Crippen molar-refractivity contribution in [3.8, 4) is 11.5 Å². The SMILES string of the molecule is CCCCCN(C(=O)[C@@H](CCCCNC(=O)/C=C/c1ccccc1)NC(=O)c1cc2ccccc2n1CC(=O)O)c1c(OC)cc(C)cc1OC. The number of para-hydroxylation sites is 1. The van der Waals surface area contributed by atoms with Crippen LogP contribution in [0.15, 0.2) is 78.9 Å². The first-order chi connectivity index (χ1) is 24.7. The summed E-state index contributed by atoms with van der Waals surface area (Å²) in [5, 5.41) is 16.2. The molecule has 4 aromatic rings. The van der Waals surface area contributed by atoms with E-state index in [0.29, 0.717) is 60.4 Å². The molecule has 0 bridgehead atoms. The zero-order valence-electron chi connectivity index (χ0n) is 29.8. The van der Waals surface area contributed by atoms with Crippen molar-refractivity contribution in [3.63, 3.8) is 0 Å². The first-order valence-corrected chi connectivity index (χ1v) is 17.3. The molecule has 51 heavy (non-hydrogen) atoms. The Bertz CT molecular complexity index is 1810. The minimum Gasteiger partial charge on any atom is -0.494 e. The van der Waals surface area contributed by atoms with E-state index in [1.807, 2.05) is 61.5 Å². The minimum absolute atomic E-state index is 0.136. The normalized spacial score (nSPS) is 11.7. The summed E-state index contributed by atoms with van der Waals surface area (Å²) in [5.41, 5.74) is 3.02. The molecule has 0 unspecified atom stereocenters. The molecule has 1 aromatic heterocycles. The van der Waals surface area contributed by atoms with Crippen LogP contribution >= 0.6 is 0 Å². The van der Waals surface area contributed by atoms with Crippen LogP contribution in [-0.4, -0.2) is 66.7 Å². The number of ether oxygens (including phenoxy) is 2. The fourth-order valence-corrected chi connectivity index (χ4v) is 6.00. The third-order valence-corrected chi connectivity index (χ3v) is 8.53. The zero-order chi connectivity index (χ0) is 36.8. The zero-order valence-corrected chi connectivity index (χ0v) is 29.8. The van der Waals surface area contributed by atoms with Crippen LogP contribution < -0.4 is 25.0 Å². The molecule has 0 aliphatic rings. The molecule has 0 aliphatic heterocycles. The lowest BCUT2D eigenvalue weighted by atomic mass is 10.1. The number of methoxy groups -OCH3 is 2. The summed E-state index contributed by atoms with van der Waals surface area (Å²) in [5.74, 6) is -1.31. The van der Waals surface area contributed by atoms with Gasteiger partial charge in [-0.2, -0.15) is 0 Å². The van der Waals surface area contributed by atoms with E-state index in [1.165, 1.54) is 24.9 Å². The Kier molecular flexibility index (Phi) is 14.2. The summed E-state index contributed by atoms with van der Waals surface area (Å²) in [7, 11) is 3.08. The molecule has 270 valence electrons. The van der Waals surface area contributed by atoms with Crippen molar-refractivity contribution in [3.05, 3.63) is 95.7 Å². The fourth-order valence-electron chi connectivity index (χ4n) is 6.00. The van der Waals surface area contributed by atoms with Crippen molar-refractivity contribution < 1.29 is 33.8 Å². The number of carbonyl (C=O) groups is 4. The maximum Gasteiger partial charge on any atom is 0.323 e. The van der Waals surface area contributed by atoms with E-state index in [9.17, 15) is 24.3 Å². The number of hydrogen-bond acceptors (Lipinski definition) is 6. The molecular formula is C40H48N4O7. The second-order valence-electron chi connectivity index (χ2n) is 12.3. The van der Waals surface area contributed by atoms with Gasteiger partial charge in [0.2, 0.25) is 11.8 Å². The van der Waals surface area contributed by atoms with E-state index < -0.39 is 24.5 Å². The largest absolute Gasteiger partial charge is 0.494 e. The number of nitrogens with one attached hydrogen (secondary N) is 2. The Morgan fingerprint density at radius 2 is 1.59 bits per heavy atom. The number of amides is 3. The number of fused-ring (bicyclic) bond motifs is 1. The summed E-state index contributed by atoms with van der Waals surface area (Å²) in [6, 6.07) is 21.0. The molecule has 0 aliphatic carbocycles. The first kappa shape index (κ1) is 38.2. The van der Waals surface area contributed by atoms with Crippen molar-refractivity contribution in [2.24, 2.45) is 0 Å². The Morgan fingerprint density at radius 1 is 0.902 bits per heavy atom. The van der Waals surface area contributed by atoms with E-state index in [-0.39, 0.29) is 23.9 Å². The summed E-state index contributed by atoms with van der Waals surface area (Å²) in [6.45, 7) is 4.30. The minimum atomic E-state index is -1.10. The maximum atomic E-state index is 14.7. The number of aromatic nitrogens is 1. The maximum absolute atomic E-state index is 14.7. The molecule has 1 heterocycles. The van der Waals surface area contributed by atoms with E-state index >= 15 is 0 Å². The number of rotatable bonds is 19. The van der Waals surface area contributed by atoms with Gasteiger partial charge in [0.15, 0.2) is 0 Å². The van der Waals surface area contributed by atoms with E-state index in [4.69, 9.17) is 9.47 Å². The van der Waals surface area contributed by atoms with Gasteiger partial charge in [0.05, 0.1) is 14.2 Å². The summed E-state index contributed by atoms with van der Waals surface area (Å²) in [4.78, 5) is 54.6. The fraction of sp³-hybridized carbons (Fsp3) is 0.350. The van der Waals surface area contributed by atoms with Gasteiger partial charge in [-0.15, -0.1) is 0 Å². The van der Waals surface area contributed by atoms with Gasteiger partial charge in [-0.25, -0.2) is 0 Å². The number of aryl methyl sites for hydroxylation is 1. The van der Waals surface area contributed by atoms with E-state index in [0.717, 1.165) is 24.0 Å². The summed E-state index contributed by atoms with van der Waals surface area (Å²) in [6.07, 6.45) is 7.06. The predicted octanol–water partition coefficient (Wildman–Crippen LogP) is 6.37. The Morgan fingerprint density at radius 3 is 2.25 bits per heavy atom. The van der Waals surface area contributed by atoms with Crippen LogP contribution in [0.2, 0.25) is 0 Å². The Balaban J connectivity index is 1.61. The highest BCUT2D eigenvalue weighted by molar-refractivity contribution is 6.05. The molecule has 3 amide bonds. The van der Waals surface area contributed by atoms with Gasteiger partial charge >= 0.3 is 5.97 Å². The molecule has 0 radical (unpaired) electrons. The number of anilines is 1. The summed E-state index contributed by atoms with van der Waals surface area (Å²) < 4.78 is 12.9. The van der Waals surface area contributed by atoms with Crippen molar-refractivity contribution in [1.29, 1.82) is 0 Å².